The van der Waals surface area contributed by atoms with Crippen molar-refractivity contribution in [2.45, 2.75) is 303 Å². The molecule has 0 fully saturated rings. The van der Waals surface area contributed by atoms with Crippen LogP contribution >= 0.6 is 0 Å². The number of unbranched alkanes of at least 4 members (excludes halogenated alkanes) is 32. The predicted molar refractivity (Wildman–Crippen MR) is 293 cm³/mol. The largest absolute Gasteiger partial charge is 0.462 e. The minimum Gasteiger partial charge on any atom is -0.462 e. The molecule has 0 bridgehead atoms. The molecule has 0 aromatic heterocycles. The van der Waals surface area contributed by atoms with Crippen molar-refractivity contribution < 1.29 is 28.6 Å². The molecule has 0 saturated carbocycles. The van der Waals surface area contributed by atoms with Gasteiger partial charge in [0.2, 0.25) is 0 Å². The summed E-state index contributed by atoms with van der Waals surface area (Å²) in [4.78, 5) is 38.2. The van der Waals surface area contributed by atoms with E-state index in [9.17, 15) is 14.4 Å². The summed E-state index contributed by atoms with van der Waals surface area (Å²) in [6.45, 7) is 6.58. The first-order chi connectivity index (χ1) is 33.5. The van der Waals surface area contributed by atoms with E-state index in [4.69, 9.17) is 14.2 Å². The molecule has 0 heterocycles. The first kappa shape index (κ1) is 65.1. The van der Waals surface area contributed by atoms with E-state index in [0.29, 0.717) is 19.3 Å². The second kappa shape index (κ2) is 56.7. The molecule has 68 heavy (non-hydrogen) atoms. The van der Waals surface area contributed by atoms with Crippen molar-refractivity contribution >= 4 is 17.9 Å². The Kier molecular flexibility index (Phi) is 54.3. The summed E-state index contributed by atoms with van der Waals surface area (Å²) in [5.74, 6) is -0.922. The Bertz CT molecular complexity index is 1230. The summed E-state index contributed by atoms with van der Waals surface area (Å²) in [6, 6.07) is 0. The third-order valence-corrected chi connectivity index (χ3v) is 12.7. The molecule has 0 saturated heterocycles. The summed E-state index contributed by atoms with van der Waals surface area (Å²) >= 11 is 0. The maximum Gasteiger partial charge on any atom is 0.306 e. The van der Waals surface area contributed by atoms with Gasteiger partial charge in [-0.1, -0.05) is 248 Å². The standard InChI is InChI=1S/C62H110O6/c1-4-7-10-13-16-19-22-25-28-30-32-34-37-40-43-46-49-52-55-61(64)67-58-59(57-66-60(63)54-51-48-45-42-39-36-33-27-24-21-18-15-12-9-6-3)68-62(65)56-53-50-47-44-41-38-35-31-29-26-23-20-17-14-11-8-5-2/h17-18,20-21,26-27,29,33,39,42,59H,4-16,19,22-25,28,30-32,34-38,40-41,43-58H2,1-3H3/b20-17-,21-18-,29-26-,33-27-,42-39-/t59-/m1/s1. The monoisotopic (exact) mass is 951 g/mol. The first-order valence-corrected chi connectivity index (χ1v) is 29.3. The van der Waals surface area contributed by atoms with E-state index >= 15 is 0 Å². The molecule has 0 radical (unpaired) electrons. The lowest BCUT2D eigenvalue weighted by Crippen LogP contribution is -2.30. The normalized spacial score (nSPS) is 12.5. The van der Waals surface area contributed by atoms with Crippen LogP contribution in [0.1, 0.15) is 297 Å². The molecular formula is C62H110O6. The van der Waals surface area contributed by atoms with E-state index in [1.54, 1.807) is 0 Å². The number of rotatable bonds is 53. The zero-order valence-corrected chi connectivity index (χ0v) is 45.1. The Labute approximate surface area is 421 Å². The highest BCUT2D eigenvalue weighted by Gasteiger charge is 2.19. The Hall–Kier alpha value is -2.89. The van der Waals surface area contributed by atoms with E-state index in [-0.39, 0.29) is 31.1 Å². The van der Waals surface area contributed by atoms with Crippen molar-refractivity contribution in [3.63, 3.8) is 0 Å². The van der Waals surface area contributed by atoms with Crippen LogP contribution in [-0.4, -0.2) is 37.2 Å². The maximum atomic E-state index is 12.9. The van der Waals surface area contributed by atoms with Crippen molar-refractivity contribution in [2.24, 2.45) is 0 Å². The maximum absolute atomic E-state index is 12.9. The van der Waals surface area contributed by atoms with Gasteiger partial charge in [-0.25, -0.2) is 0 Å². The van der Waals surface area contributed by atoms with Crippen LogP contribution in [0.4, 0.5) is 0 Å². The molecule has 0 aliphatic heterocycles. The Morgan fingerprint density at radius 3 is 0.882 bits per heavy atom. The highest BCUT2D eigenvalue weighted by atomic mass is 16.6. The molecular weight excluding hydrogens is 841 g/mol. The van der Waals surface area contributed by atoms with Crippen LogP contribution in [0, 0.1) is 0 Å². The molecule has 6 heteroatoms. The third kappa shape index (κ3) is 54.1. The van der Waals surface area contributed by atoms with Gasteiger partial charge in [-0.2, -0.15) is 0 Å². The molecule has 0 rings (SSSR count). The average molecular weight is 952 g/mol. The van der Waals surface area contributed by atoms with Gasteiger partial charge in [-0.3, -0.25) is 14.4 Å². The molecule has 0 aromatic carbocycles. The van der Waals surface area contributed by atoms with Crippen LogP contribution < -0.4 is 0 Å². The van der Waals surface area contributed by atoms with Crippen molar-refractivity contribution in [1.29, 1.82) is 0 Å². The third-order valence-electron chi connectivity index (χ3n) is 12.7. The molecule has 0 spiro atoms. The fourth-order valence-corrected chi connectivity index (χ4v) is 8.30. The van der Waals surface area contributed by atoms with Crippen LogP contribution in [0.5, 0.6) is 0 Å². The number of hydrogen-bond donors (Lipinski definition) is 0. The lowest BCUT2D eigenvalue weighted by atomic mass is 10.0. The van der Waals surface area contributed by atoms with Gasteiger partial charge in [-0.05, 0) is 89.9 Å². The Morgan fingerprint density at radius 1 is 0.294 bits per heavy atom. The number of esters is 3. The number of hydrogen-bond acceptors (Lipinski definition) is 6. The van der Waals surface area contributed by atoms with E-state index in [1.807, 2.05) is 0 Å². The van der Waals surface area contributed by atoms with Gasteiger partial charge < -0.3 is 14.2 Å². The average Bonchev–Trinajstić information content (AvgIpc) is 3.34. The SMILES string of the molecule is CCCCC/C=C\C/C=C\C/C=C\CCCCC(=O)OC[C@H](COC(=O)CCCCCCCCCCCCCCCCCCCC)OC(=O)CCCCCCCCC/C=C\C/C=C\CCCCC. The summed E-state index contributed by atoms with van der Waals surface area (Å²) < 4.78 is 16.8. The van der Waals surface area contributed by atoms with E-state index < -0.39 is 6.10 Å². The van der Waals surface area contributed by atoms with E-state index in [0.717, 1.165) is 83.5 Å². The van der Waals surface area contributed by atoms with E-state index in [2.05, 4.69) is 81.5 Å². The predicted octanol–water partition coefficient (Wildman–Crippen LogP) is 19.6. The quantitative estimate of drug-likeness (QED) is 0.0262. The summed E-state index contributed by atoms with van der Waals surface area (Å²) in [6.07, 6.45) is 70.7. The minimum absolute atomic E-state index is 0.0870. The summed E-state index contributed by atoms with van der Waals surface area (Å²) in [5, 5.41) is 0. The Morgan fingerprint density at radius 2 is 0.529 bits per heavy atom. The van der Waals surface area contributed by atoms with E-state index in [1.165, 1.54) is 173 Å². The highest BCUT2D eigenvalue weighted by Crippen LogP contribution is 2.16. The van der Waals surface area contributed by atoms with Gasteiger partial charge in [0, 0.05) is 19.3 Å². The van der Waals surface area contributed by atoms with Gasteiger partial charge >= 0.3 is 17.9 Å². The van der Waals surface area contributed by atoms with Crippen LogP contribution in [0.15, 0.2) is 60.8 Å². The van der Waals surface area contributed by atoms with Gasteiger partial charge in [-0.15, -0.1) is 0 Å². The molecule has 1 atom stereocenters. The Balaban J connectivity index is 4.41. The molecule has 0 aromatic rings. The van der Waals surface area contributed by atoms with Gasteiger partial charge in [0.15, 0.2) is 6.10 Å². The van der Waals surface area contributed by atoms with Crippen molar-refractivity contribution in [2.75, 3.05) is 13.2 Å². The smallest absolute Gasteiger partial charge is 0.306 e. The molecule has 394 valence electrons. The van der Waals surface area contributed by atoms with Gasteiger partial charge in [0.1, 0.15) is 13.2 Å². The second-order valence-electron chi connectivity index (χ2n) is 19.6. The fourth-order valence-electron chi connectivity index (χ4n) is 8.30. The zero-order valence-electron chi connectivity index (χ0n) is 45.1. The zero-order chi connectivity index (χ0) is 49.3. The van der Waals surface area contributed by atoms with Crippen LogP contribution in [0.3, 0.4) is 0 Å². The van der Waals surface area contributed by atoms with Crippen LogP contribution in [0.25, 0.3) is 0 Å². The number of carbonyl (C=O) groups excluding carboxylic acids is 3. The van der Waals surface area contributed by atoms with Gasteiger partial charge in [0.25, 0.3) is 0 Å². The fraction of sp³-hybridized carbons (Fsp3) is 0.790. The molecule has 0 amide bonds. The molecule has 6 nitrogen and oxygen atoms in total. The molecule has 0 N–H and O–H groups in total. The van der Waals surface area contributed by atoms with Gasteiger partial charge in [0.05, 0.1) is 0 Å². The number of allylic oxidation sites excluding steroid dienone is 10. The van der Waals surface area contributed by atoms with Crippen LogP contribution in [-0.2, 0) is 28.6 Å². The minimum atomic E-state index is -0.792. The molecule has 0 unspecified atom stereocenters. The number of carbonyl (C=O) groups is 3. The second-order valence-corrected chi connectivity index (χ2v) is 19.6. The lowest BCUT2D eigenvalue weighted by molar-refractivity contribution is -0.167. The van der Waals surface area contributed by atoms with Crippen LogP contribution in [0.2, 0.25) is 0 Å². The van der Waals surface area contributed by atoms with Crippen molar-refractivity contribution in [3.05, 3.63) is 60.8 Å². The molecule has 0 aliphatic carbocycles. The summed E-state index contributed by atoms with van der Waals surface area (Å²) in [5.41, 5.74) is 0. The highest BCUT2D eigenvalue weighted by molar-refractivity contribution is 5.71. The summed E-state index contributed by atoms with van der Waals surface area (Å²) in [7, 11) is 0. The number of ether oxygens (including phenoxy) is 3. The lowest BCUT2D eigenvalue weighted by Gasteiger charge is -2.18. The van der Waals surface area contributed by atoms with Crippen molar-refractivity contribution in [1.82, 2.24) is 0 Å². The molecule has 0 aliphatic rings. The topological polar surface area (TPSA) is 78.9 Å². The van der Waals surface area contributed by atoms with Crippen molar-refractivity contribution in [3.8, 4) is 0 Å². The first-order valence-electron chi connectivity index (χ1n) is 29.3.